The molecule has 0 N–H and O–H groups in total. The molecule has 21 heavy (non-hydrogen) atoms. The highest BCUT2D eigenvalue weighted by molar-refractivity contribution is 9.10. The molecule has 0 fully saturated rings. The molecule has 1 amide bonds. The summed E-state index contributed by atoms with van der Waals surface area (Å²) in [5, 5.41) is 0. The van der Waals surface area contributed by atoms with Crippen LogP contribution in [0.1, 0.15) is 38.1 Å². The van der Waals surface area contributed by atoms with Crippen LogP contribution in [-0.2, 0) is 14.3 Å². The van der Waals surface area contributed by atoms with Crippen molar-refractivity contribution in [3.8, 4) is 0 Å². The van der Waals surface area contributed by atoms with E-state index in [4.69, 9.17) is 4.74 Å². The summed E-state index contributed by atoms with van der Waals surface area (Å²) in [4.78, 5) is 37.5. The average Bonchev–Trinajstić information content (AvgIpc) is 2.58. The van der Waals surface area contributed by atoms with Gasteiger partial charge in [-0.05, 0) is 45.9 Å². The number of fused-ring (bicyclic) bond motifs is 1. The summed E-state index contributed by atoms with van der Waals surface area (Å²) in [6.45, 7) is 6.80. The molecule has 1 unspecified atom stereocenters. The highest BCUT2D eigenvalue weighted by atomic mass is 79.9. The fourth-order valence-electron chi connectivity index (χ4n) is 2.11. The Balaban J connectivity index is 2.37. The quantitative estimate of drug-likeness (QED) is 0.605. The van der Waals surface area contributed by atoms with Crippen LogP contribution in [0.5, 0.6) is 0 Å². The van der Waals surface area contributed by atoms with Gasteiger partial charge in [0, 0.05) is 4.47 Å². The molecule has 1 atom stereocenters. The summed E-state index contributed by atoms with van der Waals surface area (Å²) in [6, 6.07) is 4.04. The number of anilines is 1. The van der Waals surface area contributed by atoms with Gasteiger partial charge < -0.3 is 4.74 Å². The molecule has 0 radical (unpaired) electrons. The minimum atomic E-state index is -0.865. The number of hydrogen-bond donors (Lipinski definition) is 0. The molecule has 0 bridgehead atoms. The number of esters is 1. The van der Waals surface area contributed by atoms with Gasteiger partial charge >= 0.3 is 5.97 Å². The van der Waals surface area contributed by atoms with Crippen LogP contribution in [0.2, 0.25) is 0 Å². The minimum absolute atomic E-state index is 0.304. The Bertz CT molecular complexity index is 633. The van der Waals surface area contributed by atoms with E-state index in [0.717, 1.165) is 4.47 Å². The van der Waals surface area contributed by atoms with E-state index < -0.39 is 29.3 Å². The number of rotatable bonds is 2. The van der Waals surface area contributed by atoms with E-state index in [1.165, 1.54) is 4.90 Å². The highest BCUT2D eigenvalue weighted by Gasteiger charge is 2.41. The van der Waals surface area contributed by atoms with Gasteiger partial charge in [-0.15, -0.1) is 0 Å². The van der Waals surface area contributed by atoms with Crippen LogP contribution in [0.4, 0.5) is 5.69 Å². The highest BCUT2D eigenvalue weighted by Crippen LogP contribution is 2.33. The van der Waals surface area contributed by atoms with Gasteiger partial charge in [0.15, 0.2) is 0 Å². The van der Waals surface area contributed by atoms with E-state index in [-0.39, 0.29) is 0 Å². The molecule has 0 saturated carbocycles. The molecular weight excluding hydrogens is 338 g/mol. The summed E-state index contributed by atoms with van der Waals surface area (Å²) in [7, 11) is 0. The normalized spacial score (nSPS) is 16.0. The average molecular weight is 354 g/mol. The van der Waals surface area contributed by atoms with E-state index in [2.05, 4.69) is 15.9 Å². The number of ketones is 1. The Kier molecular flexibility index (Phi) is 3.93. The molecule has 2 rings (SSSR count). The third-order valence-electron chi connectivity index (χ3n) is 3.01. The second-order valence-electron chi connectivity index (χ2n) is 5.88. The first-order valence-corrected chi connectivity index (χ1v) is 7.31. The first kappa shape index (κ1) is 15.7. The van der Waals surface area contributed by atoms with E-state index in [1.54, 1.807) is 45.9 Å². The van der Waals surface area contributed by atoms with E-state index in [1.807, 2.05) is 0 Å². The summed E-state index contributed by atoms with van der Waals surface area (Å²) >= 11 is 3.30. The molecule has 0 saturated heterocycles. The van der Waals surface area contributed by atoms with Crippen molar-refractivity contribution in [1.82, 2.24) is 0 Å². The van der Waals surface area contributed by atoms with Crippen LogP contribution in [0.25, 0.3) is 0 Å². The predicted molar refractivity (Wildman–Crippen MR) is 81.3 cm³/mol. The third-order valence-corrected chi connectivity index (χ3v) is 3.51. The molecule has 1 aliphatic rings. The maximum Gasteiger partial charge on any atom is 0.329 e. The van der Waals surface area contributed by atoms with E-state index >= 15 is 0 Å². The first-order valence-electron chi connectivity index (χ1n) is 6.52. The van der Waals surface area contributed by atoms with Crippen molar-refractivity contribution in [3.05, 3.63) is 28.2 Å². The van der Waals surface area contributed by atoms with Crippen LogP contribution in [0, 0.1) is 0 Å². The largest absolute Gasteiger partial charge is 0.458 e. The SMILES string of the molecule is CC(C(=O)OC(C)(C)C)N1C(=O)C(=O)c2ccc(Br)cc21. The standard InChI is InChI=1S/C15H16BrNO4/c1-8(14(20)21-15(2,3)4)17-11-7-9(16)5-6-10(11)12(18)13(17)19/h5-8H,1-4H3. The van der Waals surface area contributed by atoms with Gasteiger partial charge in [-0.3, -0.25) is 14.5 Å². The number of amides is 1. The number of benzene rings is 1. The van der Waals surface area contributed by atoms with Crippen molar-refractivity contribution in [3.63, 3.8) is 0 Å². The lowest BCUT2D eigenvalue weighted by Crippen LogP contribution is -2.45. The Morgan fingerprint density at radius 3 is 2.48 bits per heavy atom. The molecular formula is C15H16BrNO4. The number of Topliss-reactive ketones (excluding diaryl/α,β-unsaturated/α-hetero) is 1. The Labute approximate surface area is 131 Å². The molecule has 0 aliphatic carbocycles. The summed E-state index contributed by atoms with van der Waals surface area (Å²) in [5.41, 5.74) is 0.0782. The molecule has 5 nitrogen and oxygen atoms in total. The van der Waals surface area contributed by atoms with Gasteiger partial charge in [0.05, 0.1) is 11.3 Å². The van der Waals surface area contributed by atoms with Crippen LogP contribution in [0.15, 0.2) is 22.7 Å². The van der Waals surface area contributed by atoms with Crippen molar-refractivity contribution in [2.45, 2.75) is 39.3 Å². The molecule has 6 heteroatoms. The fourth-order valence-corrected chi connectivity index (χ4v) is 2.46. The van der Waals surface area contributed by atoms with Gasteiger partial charge in [-0.1, -0.05) is 15.9 Å². The lowest BCUT2D eigenvalue weighted by molar-refractivity contribution is -0.156. The van der Waals surface area contributed by atoms with Crippen molar-refractivity contribution in [1.29, 1.82) is 0 Å². The summed E-state index contributed by atoms with van der Waals surface area (Å²) in [5.74, 6) is -1.86. The smallest absolute Gasteiger partial charge is 0.329 e. The van der Waals surface area contributed by atoms with Crippen LogP contribution < -0.4 is 4.90 Å². The van der Waals surface area contributed by atoms with Gasteiger partial charge in [0.2, 0.25) is 0 Å². The van der Waals surface area contributed by atoms with Crippen molar-refractivity contribution in [2.75, 3.05) is 4.90 Å². The lowest BCUT2D eigenvalue weighted by atomic mass is 10.1. The number of hydrogen-bond acceptors (Lipinski definition) is 4. The Morgan fingerprint density at radius 1 is 1.29 bits per heavy atom. The predicted octanol–water partition coefficient (Wildman–Crippen LogP) is 2.71. The zero-order valence-electron chi connectivity index (χ0n) is 12.3. The monoisotopic (exact) mass is 353 g/mol. The number of halogens is 1. The van der Waals surface area contributed by atoms with E-state index in [9.17, 15) is 14.4 Å². The summed E-state index contributed by atoms with van der Waals surface area (Å²) < 4.78 is 6.01. The zero-order valence-corrected chi connectivity index (χ0v) is 13.9. The number of nitrogens with zero attached hydrogens (tertiary/aromatic N) is 1. The van der Waals surface area contributed by atoms with Gasteiger partial charge in [0.25, 0.3) is 11.7 Å². The fraction of sp³-hybridized carbons (Fsp3) is 0.400. The second kappa shape index (κ2) is 5.26. The van der Waals surface area contributed by atoms with Gasteiger partial charge in [-0.25, -0.2) is 4.79 Å². The lowest BCUT2D eigenvalue weighted by Gasteiger charge is -2.27. The Hall–Kier alpha value is -1.69. The minimum Gasteiger partial charge on any atom is -0.458 e. The Morgan fingerprint density at radius 2 is 1.90 bits per heavy atom. The molecule has 1 aromatic carbocycles. The number of carbonyl (C=O) groups is 3. The molecule has 1 aromatic rings. The van der Waals surface area contributed by atoms with Gasteiger partial charge in [-0.2, -0.15) is 0 Å². The van der Waals surface area contributed by atoms with E-state index in [0.29, 0.717) is 11.3 Å². The summed E-state index contributed by atoms with van der Waals surface area (Å²) in [6.07, 6.45) is 0. The number of ether oxygens (including phenoxy) is 1. The van der Waals surface area contributed by atoms with Crippen molar-refractivity contribution < 1.29 is 19.1 Å². The maximum absolute atomic E-state index is 12.2. The number of carbonyl (C=O) groups excluding carboxylic acids is 3. The topological polar surface area (TPSA) is 63.7 Å². The van der Waals surface area contributed by atoms with Crippen LogP contribution in [-0.4, -0.2) is 29.3 Å². The zero-order chi connectivity index (χ0) is 15.9. The second-order valence-corrected chi connectivity index (χ2v) is 6.79. The molecule has 0 spiro atoms. The van der Waals surface area contributed by atoms with Crippen LogP contribution >= 0.6 is 15.9 Å². The molecule has 0 aromatic heterocycles. The molecule has 1 aliphatic heterocycles. The van der Waals surface area contributed by atoms with Crippen LogP contribution in [0.3, 0.4) is 0 Å². The maximum atomic E-state index is 12.2. The van der Waals surface area contributed by atoms with Crippen molar-refractivity contribution in [2.24, 2.45) is 0 Å². The van der Waals surface area contributed by atoms with Crippen molar-refractivity contribution >= 4 is 39.3 Å². The third kappa shape index (κ3) is 3.00. The molecule has 1 heterocycles. The molecule has 112 valence electrons. The first-order chi connectivity index (χ1) is 9.61. The van der Waals surface area contributed by atoms with Gasteiger partial charge in [0.1, 0.15) is 11.6 Å².